The zero-order valence-corrected chi connectivity index (χ0v) is 11.9. The number of hydrogen-bond donors (Lipinski definition) is 2. The number of nitrogens with zero attached hydrogens (tertiary/aromatic N) is 1. The van der Waals surface area contributed by atoms with E-state index in [0.29, 0.717) is 12.6 Å². The fraction of sp³-hybridized carbons (Fsp3) is 0.562. The quantitative estimate of drug-likeness (QED) is 0.833. The molecule has 0 atom stereocenters. The van der Waals surface area contributed by atoms with E-state index in [-0.39, 0.29) is 5.91 Å². The molecule has 1 aromatic carbocycles. The molecule has 1 aliphatic heterocycles. The first-order valence-electron chi connectivity index (χ1n) is 7.64. The summed E-state index contributed by atoms with van der Waals surface area (Å²) < 4.78 is 0. The van der Waals surface area contributed by atoms with E-state index in [1.165, 1.54) is 44.3 Å². The highest BCUT2D eigenvalue weighted by atomic mass is 16.1. The van der Waals surface area contributed by atoms with Crippen molar-refractivity contribution in [1.82, 2.24) is 10.2 Å². The molecule has 1 aromatic rings. The number of carbonyl (C=O) groups excluding carboxylic acids is 1. The van der Waals surface area contributed by atoms with Gasteiger partial charge in [-0.25, -0.2) is 0 Å². The number of benzene rings is 1. The summed E-state index contributed by atoms with van der Waals surface area (Å²) in [6.07, 6.45) is 5.03. The summed E-state index contributed by atoms with van der Waals surface area (Å²) in [6.45, 7) is 3.80. The zero-order chi connectivity index (χ0) is 13.8. The van der Waals surface area contributed by atoms with Crippen molar-refractivity contribution < 1.29 is 4.79 Å². The molecule has 2 fully saturated rings. The van der Waals surface area contributed by atoms with Crippen LogP contribution in [0.15, 0.2) is 24.3 Å². The Kier molecular flexibility index (Phi) is 4.33. The number of hydrogen-bond acceptors (Lipinski definition) is 3. The van der Waals surface area contributed by atoms with Crippen LogP contribution in [0.1, 0.15) is 31.2 Å². The van der Waals surface area contributed by atoms with Crippen LogP contribution in [0.3, 0.4) is 0 Å². The molecule has 1 aliphatic carbocycles. The maximum absolute atomic E-state index is 11.8. The lowest BCUT2D eigenvalue weighted by atomic mass is 10.2. The molecular formula is C16H23N3O. The Morgan fingerprint density at radius 2 is 2.05 bits per heavy atom. The molecule has 0 unspecified atom stereocenters. The minimum atomic E-state index is 0.0511. The van der Waals surface area contributed by atoms with Gasteiger partial charge in [-0.15, -0.1) is 0 Å². The number of anilines is 1. The molecule has 108 valence electrons. The maximum Gasteiger partial charge on any atom is 0.238 e. The Balaban J connectivity index is 1.51. The molecule has 0 radical (unpaired) electrons. The van der Waals surface area contributed by atoms with E-state index in [9.17, 15) is 4.79 Å². The largest absolute Gasteiger partial charge is 0.325 e. The summed E-state index contributed by atoms with van der Waals surface area (Å²) in [5.41, 5.74) is 2.18. The predicted octanol–water partition coefficient (Wildman–Crippen LogP) is 1.97. The molecule has 1 heterocycles. The second kappa shape index (κ2) is 6.37. The summed E-state index contributed by atoms with van der Waals surface area (Å²) in [4.78, 5) is 14.3. The SMILES string of the molecule is O=C(CNC1CC1)Nc1cccc(CN2CCCC2)c1. The van der Waals surface area contributed by atoms with E-state index in [4.69, 9.17) is 0 Å². The first kappa shape index (κ1) is 13.6. The molecule has 1 amide bonds. The minimum absolute atomic E-state index is 0.0511. The standard InChI is InChI=1S/C16H23N3O/c20-16(11-17-14-6-7-14)18-15-5-3-4-13(10-15)12-19-8-1-2-9-19/h3-5,10,14,17H,1-2,6-9,11-12H2,(H,18,20). The molecule has 4 nitrogen and oxygen atoms in total. The number of carbonyl (C=O) groups is 1. The highest BCUT2D eigenvalue weighted by molar-refractivity contribution is 5.92. The average molecular weight is 273 g/mol. The molecule has 1 saturated carbocycles. The van der Waals surface area contributed by atoms with Crippen molar-refractivity contribution in [2.24, 2.45) is 0 Å². The summed E-state index contributed by atoms with van der Waals surface area (Å²) in [5, 5.41) is 6.20. The normalized spacial score (nSPS) is 19.2. The molecular weight excluding hydrogens is 250 g/mol. The van der Waals surface area contributed by atoms with Crippen molar-refractivity contribution >= 4 is 11.6 Å². The molecule has 3 rings (SSSR count). The van der Waals surface area contributed by atoms with Crippen molar-refractivity contribution in [1.29, 1.82) is 0 Å². The van der Waals surface area contributed by atoms with Gasteiger partial charge in [-0.3, -0.25) is 9.69 Å². The van der Waals surface area contributed by atoms with Crippen molar-refractivity contribution in [3.63, 3.8) is 0 Å². The molecule has 4 heteroatoms. The summed E-state index contributed by atoms with van der Waals surface area (Å²) in [5.74, 6) is 0.0511. The summed E-state index contributed by atoms with van der Waals surface area (Å²) in [6, 6.07) is 8.78. The third kappa shape index (κ3) is 4.05. The lowest BCUT2D eigenvalue weighted by Gasteiger charge is -2.15. The lowest BCUT2D eigenvalue weighted by Crippen LogP contribution is -2.29. The van der Waals surface area contributed by atoms with Gasteiger partial charge in [-0.2, -0.15) is 0 Å². The molecule has 1 saturated heterocycles. The highest BCUT2D eigenvalue weighted by Crippen LogP contribution is 2.18. The van der Waals surface area contributed by atoms with Gasteiger partial charge in [0.25, 0.3) is 0 Å². The van der Waals surface area contributed by atoms with Gasteiger partial charge in [-0.05, 0) is 56.5 Å². The van der Waals surface area contributed by atoms with Crippen LogP contribution in [-0.4, -0.2) is 36.5 Å². The zero-order valence-electron chi connectivity index (χ0n) is 11.9. The maximum atomic E-state index is 11.8. The van der Waals surface area contributed by atoms with Crippen molar-refractivity contribution in [3.05, 3.63) is 29.8 Å². The Labute approximate surface area is 120 Å². The second-order valence-corrected chi connectivity index (χ2v) is 5.89. The van der Waals surface area contributed by atoms with Crippen LogP contribution >= 0.6 is 0 Å². The molecule has 0 aromatic heterocycles. The minimum Gasteiger partial charge on any atom is -0.325 e. The van der Waals surface area contributed by atoms with E-state index in [1.54, 1.807) is 0 Å². The van der Waals surface area contributed by atoms with Crippen molar-refractivity contribution in [3.8, 4) is 0 Å². The van der Waals surface area contributed by atoms with E-state index < -0.39 is 0 Å². The van der Waals surface area contributed by atoms with Gasteiger partial charge in [0.15, 0.2) is 0 Å². The Morgan fingerprint density at radius 1 is 1.25 bits per heavy atom. The number of rotatable bonds is 6. The smallest absolute Gasteiger partial charge is 0.238 e. The lowest BCUT2D eigenvalue weighted by molar-refractivity contribution is -0.115. The van der Waals surface area contributed by atoms with Crippen LogP contribution in [0.2, 0.25) is 0 Å². The van der Waals surface area contributed by atoms with Gasteiger partial charge in [0.2, 0.25) is 5.91 Å². The monoisotopic (exact) mass is 273 g/mol. The van der Waals surface area contributed by atoms with Crippen molar-refractivity contribution in [2.45, 2.75) is 38.3 Å². The molecule has 0 bridgehead atoms. The fourth-order valence-electron chi connectivity index (χ4n) is 2.68. The summed E-state index contributed by atoms with van der Waals surface area (Å²) in [7, 11) is 0. The van der Waals surface area contributed by atoms with Gasteiger partial charge in [0.1, 0.15) is 0 Å². The van der Waals surface area contributed by atoms with Crippen LogP contribution in [0.5, 0.6) is 0 Å². The number of nitrogens with one attached hydrogen (secondary N) is 2. The average Bonchev–Trinajstić information content (AvgIpc) is 3.14. The fourth-order valence-corrected chi connectivity index (χ4v) is 2.68. The Morgan fingerprint density at radius 3 is 2.80 bits per heavy atom. The van der Waals surface area contributed by atoms with Gasteiger partial charge in [-0.1, -0.05) is 12.1 Å². The Hall–Kier alpha value is -1.39. The van der Waals surface area contributed by atoms with Crippen LogP contribution in [0.4, 0.5) is 5.69 Å². The van der Waals surface area contributed by atoms with Crippen LogP contribution in [-0.2, 0) is 11.3 Å². The molecule has 2 aliphatic rings. The summed E-state index contributed by atoms with van der Waals surface area (Å²) >= 11 is 0. The highest BCUT2D eigenvalue weighted by Gasteiger charge is 2.21. The third-order valence-electron chi connectivity index (χ3n) is 3.94. The number of likely N-dealkylation sites (tertiary alicyclic amines) is 1. The van der Waals surface area contributed by atoms with Crippen LogP contribution < -0.4 is 10.6 Å². The van der Waals surface area contributed by atoms with Crippen LogP contribution in [0.25, 0.3) is 0 Å². The van der Waals surface area contributed by atoms with E-state index >= 15 is 0 Å². The second-order valence-electron chi connectivity index (χ2n) is 5.89. The third-order valence-corrected chi connectivity index (χ3v) is 3.94. The van der Waals surface area contributed by atoms with Gasteiger partial charge in [0.05, 0.1) is 6.54 Å². The first-order chi connectivity index (χ1) is 9.79. The Bertz CT molecular complexity index is 465. The molecule has 2 N–H and O–H groups in total. The van der Waals surface area contributed by atoms with Gasteiger partial charge < -0.3 is 10.6 Å². The topological polar surface area (TPSA) is 44.4 Å². The molecule has 20 heavy (non-hydrogen) atoms. The molecule has 0 spiro atoms. The van der Waals surface area contributed by atoms with E-state index in [2.05, 4.69) is 27.7 Å². The van der Waals surface area contributed by atoms with Crippen molar-refractivity contribution in [2.75, 3.05) is 25.0 Å². The van der Waals surface area contributed by atoms with Gasteiger partial charge >= 0.3 is 0 Å². The predicted molar refractivity (Wildman–Crippen MR) is 80.6 cm³/mol. The van der Waals surface area contributed by atoms with E-state index in [1.807, 2.05) is 12.1 Å². The first-order valence-corrected chi connectivity index (χ1v) is 7.64. The van der Waals surface area contributed by atoms with E-state index in [0.717, 1.165) is 12.2 Å². The number of amides is 1. The van der Waals surface area contributed by atoms with Gasteiger partial charge in [0, 0.05) is 18.3 Å². The van der Waals surface area contributed by atoms with Crippen LogP contribution in [0, 0.1) is 0 Å².